The molecule has 2 atom stereocenters. The second-order valence-electron chi connectivity index (χ2n) is 6.65. The lowest BCUT2D eigenvalue weighted by molar-refractivity contribution is 0.295. The molecule has 20 heavy (non-hydrogen) atoms. The van der Waals surface area contributed by atoms with Gasteiger partial charge in [0.2, 0.25) is 0 Å². The summed E-state index contributed by atoms with van der Waals surface area (Å²) in [6.45, 7) is 13.6. The van der Waals surface area contributed by atoms with Crippen LogP contribution in [0.4, 0.5) is 5.69 Å². The van der Waals surface area contributed by atoms with E-state index in [0.717, 1.165) is 17.6 Å². The van der Waals surface area contributed by atoms with E-state index in [-0.39, 0.29) is 0 Å². The van der Waals surface area contributed by atoms with Crippen LogP contribution in [0.5, 0.6) is 0 Å². The number of rotatable bonds is 3. The lowest BCUT2D eigenvalue weighted by atomic mass is 9.93. The Morgan fingerprint density at radius 1 is 1.20 bits per heavy atom. The van der Waals surface area contributed by atoms with Gasteiger partial charge < -0.3 is 10.2 Å². The second-order valence-corrected chi connectivity index (χ2v) is 7.57. The number of nitrogens with zero attached hydrogens (tertiary/aromatic N) is 1. The average molecular weight is 339 g/mol. The highest BCUT2D eigenvalue weighted by Crippen LogP contribution is 2.30. The van der Waals surface area contributed by atoms with Crippen molar-refractivity contribution in [3.63, 3.8) is 0 Å². The molecule has 1 aliphatic rings. The molecule has 0 spiro atoms. The largest absolute Gasteiger partial charge is 0.365 e. The molecule has 2 unspecified atom stereocenters. The van der Waals surface area contributed by atoms with Crippen LogP contribution in [0.25, 0.3) is 0 Å². The quantitative estimate of drug-likeness (QED) is 0.887. The molecule has 1 N–H and O–H groups in total. The van der Waals surface area contributed by atoms with E-state index in [1.807, 2.05) is 0 Å². The van der Waals surface area contributed by atoms with Crippen molar-refractivity contribution in [3.8, 4) is 0 Å². The number of aryl methyl sites for hydroxylation is 1. The van der Waals surface area contributed by atoms with Crippen molar-refractivity contribution in [2.24, 2.45) is 11.8 Å². The monoisotopic (exact) mass is 338 g/mol. The molecule has 1 fully saturated rings. The Labute approximate surface area is 132 Å². The van der Waals surface area contributed by atoms with E-state index in [1.165, 1.54) is 11.3 Å². The summed E-state index contributed by atoms with van der Waals surface area (Å²) in [5, 5.41) is 3.73. The molecule has 1 aromatic carbocycles. The molecule has 1 saturated heterocycles. The number of benzene rings is 1. The van der Waals surface area contributed by atoms with Gasteiger partial charge in [0.15, 0.2) is 0 Å². The van der Waals surface area contributed by atoms with Crippen molar-refractivity contribution in [3.05, 3.63) is 28.2 Å². The first-order valence-electron chi connectivity index (χ1n) is 7.66. The summed E-state index contributed by atoms with van der Waals surface area (Å²) in [5.41, 5.74) is 2.74. The molecular formula is C17H27BrN2. The molecule has 0 bridgehead atoms. The van der Waals surface area contributed by atoms with Gasteiger partial charge in [-0.2, -0.15) is 0 Å². The summed E-state index contributed by atoms with van der Waals surface area (Å²) < 4.78 is 1.16. The molecule has 112 valence electrons. The van der Waals surface area contributed by atoms with Crippen molar-refractivity contribution in [2.45, 2.75) is 46.7 Å². The van der Waals surface area contributed by atoms with Crippen LogP contribution in [-0.2, 0) is 0 Å². The lowest BCUT2D eigenvalue weighted by Crippen LogP contribution is -2.60. The molecule has 0 aromatic heterocycles. The third-order valence-corrected chi connectivity index (χ3v) is 4.92. The first-order chi connectivity index (χ1) is 9.40. The Balaban J connectivity index is 2.31. The smallest absolute Gasteiger partial charge is 0.0438 e. The van der Waals surface area contributed by atoms with Gasteiger partial charge in [-0.05, 0) is 42.5 Å². The van der Waals surface area contributed by atoms with Gasteiger partial charge in [0.1, 0.15) is 0 Å². The highest BCUT2D eigenvalue weighted by molar-refractivity contribution is 9.10. The van der Waals surface area contributed by atoms with E-state index in [4.69, 9.17) is 0 Å². The summed E-state index contributed by atoms with van der Waals surface area (Å²) in [6.07, 6.45) is 0. The van der Waals surface area contributed by atoms with Crippen LogP contribution in [0.1, 0.15) is 33.3 Å². The molecule has 3 heteroatoms. The van der Waals surface area contributed by atoms with E-state index in [2.05, 4.69) is 79.0 Å². The third kappa shape index (κ3) is 3.37. The first kappa shape index (κ1) is 15.8. The Hall–Kier alpha value is -0.540. The zero-order chi connectivity index (χ0) is 14.9. The normalized spacial score (nSPS) is 23.7. The van der Waals surface area contributed by atoms with E-state index in [9.17, 15) is 0 Å². The molecule has 1 heterocycles. The fourth-order valence-electron chi connectivity index (χ4n) is 3.05. The Morgan fingerprint density at radius 2 is 1.90 bits per heavy atom. The van der Waals surface area contributed by atoms with Gasteiger partial charge in [-0.1, -0.05) is 43.6 Å². The van der Waals surface area contributed by atoms with Gasteiger partial charge in [0.05, 0.1) is 0 Å². The fourth-order valence-corrected chi connectivity index (χ4v) is 3.53. The predicted molar refractivity (Wildman–Crippen MR) is 91.5 cm³/mol. The minimum Gasteiger partial charge on any atom is -0.365 e. The summed E-state index contributed by atoms with van der Waals surface area (Å²) in [5.74, 6) is 1.32. The van der Waals surface area contributed by atoms with Gasteiger partial charge in [-0.25, -0.2) is 0 Å². The standard InChI is InChI=1S/C17H27BrN2/c1-11(2)15-10-20(17(9-19-15)12(3)4)16-7-6-14(18)8-13(16)5/h6-8,11-12,15,17,19H,9-10H2,1-5H3. The number of anilines is 1. The minimum absolute atomic E-state index is 0.574. The summed E-state index contributed by atoms with van der Waals surface area (Å²) in [4.78, 5) is 2.62. The molecule has 1 aromatic rings. The van der Waals surface area contributed by atoms with Crippen molar-refractivity contribution in [1.82, 2.24) is 5.32 Å². The van der Waals surface area contributed by atoms with Gasteiger partial charge >= 0.3 is 0 Å². The minimum atomic E-state index is 0.574. The topological polar surface area (TPSA) is 15.3 Å². The van der Waals surface area contributed by atoms with Gasteiger partial charge in [0, 0.05) is 35.3 Å². The highest BCUT2D eigenvalue weighted by Gasteiger charge is 2.31. The number of piperazine rings is 1. The average Bonchev–Trinajstić information content (AvgIpc) is 2.37. The molecule has 0 saturated carbocycles. The van der Waals surface area contributed by atoms with Crippen LogP contribution in [0.2, 0.25) is 0 Å². The lowest BCUT2D eigenvalue weighted by Gasteiger charge is -2.45. The van der Waals surface area contributed by atoms with Crippen molar-refractivity contribution < 1.29 is 0 Å². The molecule has 1 aliphatic heterocycles. The van der Waals surface area contributed by atoms with Crippen LogP contribution in [0, 0.1) is 18.8 Å². The van der Waals surface area contributed by atoms with Crippen LogP contribution >= 0.6 is 15.9 Å². The summed E-state index contributed by atoms with van der Waals surface area (Å²) in [6, 6.07) is 7.79. The maximum atomic E-state index is 3.73. The Bertz CT molecular complexity index is 456. The number of hydrogen-bond acceptors (Lipinski definition) is 2. The zero-order valence-corrected chi connectivity index (χ0v) is 14.9. The van der Waals surface area contributed by atoms with Crippen LogP contribution < -0.4 is 10.2 Å². The number of nitrogens with one attached hydrogen (secondary N) is 1. The maximum Gasteiger partial charge on any atom is 0.0438 e. The summed E-state index contributed by atoms with van der Waals surface area (Å²) in [7, 11) is 0. The van der Waals surface area contributed by atoms with Gasteiger partial charge in [-0.15, -0.1) is 0 Å². The number of hydrogen-bond donors (Lipinski definition) is 1. The molecule has 0 amide bonds. The zero-order valence-electron chi connectivity index (χ0n) is 13.3. The van der Waals surface area contributed by atoms with Crippen molar-refractivity contribution in [2.75, 3.05) is 18.0 Å². The van der Waals surface area contributed by atoms with Gasteiger partial charge in [0.25, 0.3) is 0 Å². The maximum absolute atomic E-state index is 3.73. The number of halogens is 1. The van der Waals surface area contributed by atoms with Crippen LogP contribution in [0.15, 0.2) is 22.7 Å². The van der Waals surface area contributed by atoms with Crippen LogP contribution in [0.3, 0.4) is 0 Å². The fraction of sp³-hybridized carbons (Fsp3) is 0.647. The van der Waals surface area contributed by atoms with Crippen molar-refractivity contribution in [1.29, 1.82) is 0 Å². The van der Waals surface area contributed by atoms with Crippen molar-refractivity contribution >= 4 is 21.6 Å². The molecular weight excluding hydrogens is 312 g/mol. The predicted octanol–water partition coefficient (Wildman–Crippen LogP) is 4.22. The van der Waals surface area contributed by atoms with E-state index in [0.29, 0.717) is 23.9 Å². The SMILES string of the molecule is Cc1cc(Br)ccc1N1CC(C(C)C)NCC1C(C)C. The Morgan fingerprint density at radius 3 is 2.45 bits per heavy atom. The third-order valence-electron chi connectivity index (χ3n) is 4.43. The van der Waals surface area contributed by atoms with E-state index in [1.54, 1.807) is 0 Å². The molecule has 2 nitrogen and oxygen atoms in total. The van der Waals surface area contributed by atoms with Crippen LogP contribution in [-0.4, -0.2) is 25.2 Å². The molecule has 0 radical (unpaired) electrons. The second kappa shape index (κ2) is 6.48. The summed E-state index contributed by atoms with van der Waals surface area (Å²) >= 11 is 3.57. The van der Waals surface area contributed by atoms with E-state index >= 15 is 0 Å². The molecule has 0 aliphatic carbocycles. The highest BCUT2D eigenvalue weighted by atomic mass is 79.9. The van der Waals surface area contributed by atoms with E-state index < -0.39 is 0 Å². The Kier molecular flexibility index (Phi) is 5.14. The van der Waals surface area contributed by atoms with Gasteiger partial charge in [-0.3, -0.25) is 0 Å². The molecule has 2 rings (SSSR count). The first-order valence-corrected chi connectivity index (χ1v) is 8.45.